The SMILES string of the molecule is [Si]C[N+](C[Si])=C1C=CC(=C2C=CC(=[N+](C[Si])C[Si])C=C2)C=C1. The lowest BCUT2D eigenvalue weighted by Crippen LogP contribution is -2.23. The summed E-state index contributed by atoms with van der Waals surface area (Å²) in [4.78, 5) is 0. The summed E-state index contributed by atoms with van der Waals surface area (Å²) >= 11 is 0. The molecule has 0 unspecified atom stereocenters. The van der Waals surface area contributed by atoms with Gasteiger partial charge in [0.15, 0.2) is 11.4 Å². The van der Waals surface area contributed by atoms with Gasteiger partial charge in [-0.1, -0.05) is 0 Å². The summed E-state index contributed by atoms with van der Waals surface area (Å²) in [7, 11) is 14.2. The standard InChI is InChI=1S/C16H16N2Si4/c19-9-17(10-20)15-5-1-13(2-6-15)14-3-7-16(8-4-14)18(11-21)12-22/h1-8H,9-12H2/q+2. The van der Waals surface area contributed by atoms with Crippen molar-refractivity contribution in [2.45, 2.75) is 0 Å². The third kappa shape index (κ3) is 4.01. The maximum absolute atomic E-state index is 3.54. The first-order valence-electron chi connectivity index (χ1n) is 7.02. The lowest BCUT2D eigenvalue weighted by atomic mass is 9.98. The molecule has 104 valence electrons. The van der Waals surface area contributed by atoms with Crippen molar-refractivity contribution in [1.82, 2.24) is 0 Å². The van der Waals surface area contributed by atoms with Gasteiger partial charge in [0, 0.05) is 24.3 Å². The molecular weight excluding hydrogens is 333 g/mol. The zero-order valence-corrected chi connectivity index (χ0v) is 16.3. The lowest BCUT2D eigenvalue weighted by Gasteiger charge is -2.09. The number of rotatable bonds is 4. The highest BCUT2D eigenvalue weighted by molar-refractivity contribution is 6.12. The van der Waals surface area contributed by atoms with E-state index in [2.05, 4.69) is 98.7 Å². The fraction of sp³-hybridized carbons (Fsp3) is 0.250. The van der Waals surface area contributed by atoms with E-state index in [1.54, 1.807) is 0 Å². The van der Waals surface area contributed by atoms with Crippen molar-refractivity contribution in [3.63, 3.8) is 0 Å². The first-order chi connectivity index (χ1) is 10.7. The molecule has 0 aromatic heterocycles. The maximum Gasteiger partial charge on any atom is 0.199 e. The van der Waals surface area contributed by atoms with Crippen LogP contribution in [0.25, 0.3) is 0 Å². The first-order valence-corrected chi connectivity index (χ1v) is 9.85. The fourth-order valence-electron chi connectivity index (χ4n) is 2.21. The first kappa shape index (κ1) is 17.3. The zero-order valence-electron chi connectivity index (χ0n) is 12.3. The van der Waals surface area contributed by atoms with E-state index in [-0.39, 0.29) is 0 Å². The van der Waals surface area contributed by atoms with Crippen molar-refractivity contribution in [1.29, 1.82) is 0 Å². The van der Waals surface area contributed by atoms with Crippen LogP contribution >= 0.6 is 0 Å². The predicted molar refractivity (Wildman–Crippen MR) is 96.6 cm³/mol. The Labute approximate surface area is 146 Å². The smallest absolute Gasteiger partial charge is 0.199 e. The van der Waals surface area contributed by atoms with Gasteiger partial charge >= 0.3 is 0 Å². The van der Waals surface area contributed by atoms with Crippen LogP contribution in [-0.2, 0) is 0 Å². The molecule has 0 aromatic rings. The minimum absolute atomic E-state index is 0.798. The number of hydrogen-bond donors (Lipinski definition) is 0. The zero-order chi connectivity index (χ0) is 15.9. The van der Waals surface area contributed by atoms with Gasteiger partial charge in [-0.15, -0.1) is 0 Å². The van der Waals surface area contributed by atoms with Crippen molar-refractivity contribution in [2.24, 2.45) is 0 Å². The Morgan fingerprint density at radius 3 is 1.00 bits per heavy atom. The highest BCUT2D eigenvalue weighted by Crippen LogP contribution is 2.17. The Morgan fingerprint density at radius 1 is 0.500 bits per heavy atom. The van der Waals surface area contributed by atoms with Gasteiger partial charge in [-0.2, -0.15) is 0 Å². The predicted octanol–water partition coefficient (Wildman–Crippen LogP) is -0.0540. The summed E-state index contributed by atoms with van der Waals surface area (Å²) in [5.41, 5.74) is 4.83. The van der Waals surface area contributed by atoms with Crippen LogP contribution in [-0.4, -0.2) is 86.2 Å². The van der Waals surface area contributed by atoms with Crippen molar-refractivity contribution in [3.8, 4) is 0 Å². The van der Waals surface area contributed by atoms with E-state index in [1.165, 1.54) is 22.6 Å². The Hall–Kier alpha value is -1.09. The normalized spacial score (nSPS) is 16.7. The summed E-state index contributed by atoms with van der Waals surface area (Å²) in [5, 5.41) is 0. The minimum atomic E-state index is 0.798. The second-order valence-electron chi connectivity index (χ2n) is 4.81. The largest absolute Gasteiger partial charge is 0.240 e. The molecule has 6 heteroatoms. The molecule has 0 saturated carbocycles. The van der Waals surface area contributed by atoms with E-state index in [0.717, 1.165) is 24.7 Å². The van der Waals surface area contributed by atoms with Crippen LogP contribution in [0.4, 0.5) is 0 Å². The summed E-state index contributed by atoms with van der Waals surface area (Å²) in [5.74, 6) is 0. The van der Waals surface area contributed by atoms with E-state index in [1.807, 2.05) is 0 Å². The van der Waals surface area contributed by atoms with Gasteiger partial charge in [0.2, 0.25) is 0 Å². The Balaban J connectivity index is 2.24. The van der Waals surface area contributed by atoms with Crippen LogP contribution in [0.5, 0.6) is 0 Å². The molecule has 0 fully saturated rings. The molecule has 2 nitrogen and oxygen atoms in total. The monoisotopic (exact) mass is 348 g/mol. The van der Waals surface area contributed by atoms with Crippen LogP contribution < -0.4 is 0 Å². The topological polar surface area (TPSA) is 6.02 Å². The molecule has 0 bridgehead atoms. The van der Waals surface area contributed by atoms with Gasteiger partial charge < -0.3 is 0 Å². The fourth-order valence-corrected chi connectivity index (χ4v) is 3.83. The molecule has 0 aliphatic heterocycles. The molecule has 0 heterocycles. The molecule has 0 amide bonds. The van der Waals surface area contributed by atoms with Gasteiger partial charge in [-0.05, 0) is 35.5 Å². The summed E-state index contributed by atoms with van der Waals surface area (Å²) in [6.45, 7) is 0. The number of allylic oxidation sites excluding steroid dienone is 10. The van der Waals surface area contributed by atoms with E-state index >= 15 is 0 Å². The van der Waals surface area contributed by atoms with Crippen LogP contribution in [0.2, 0.25) is 0 Å². The van der Waals surface area contributed by atoms with Gasteiger partial charge in [0.1, 0.15) is 65.6 Å². The Bertz CT molecular complexity index is 545. The van der Waals surface area contributed by atoms with E-state index in [0.29, 0.717) is 0 Å². The molecule has 2 aliphatic rings. The highest BCUT2D eigenvalue weighted by atomic mass is 28.2. The van der Waals surface area contributed by atoms with Crippen molar-refractivity contribution >= 4 is 52.4 Å². The number of nitrogens with zero attached hydrogens (tertiary/aromatic N) is 2. The summed E-state index contributed by atoms with van der Waals surface area (Å²) in [6.07, 6.45) is 20.4. The minimum Gasteiger partial charge on any atom is -0.240 e. The second-order valence-corrected chi connectivity index (χ2v) is 6.07. The van der Waals surface area contributed by atoms with Crippen molar-refractivity contribution < 1.29 is 9.15 Å². The second kappa shape index (κ2) is 8.52. The third-order valence-electron chi connectivity index (χ3n) is 3.56. The molecule has 2 rings (SSSR count). The average Bonchev–Trinajstić information content (AvgIpc) is 2.58. The molecule has 12 radical (unpaired) electrons. The molecule has 0 spiro atoms. The van der Waals surface area contributed by atoms with E-state index in [9.17, 15) is 0 Å². The molecule has 0 aromatic carbocycles. The number of hydrogen-bond acceptors (Lipinski definition) is 0. The van der Waals surface area contributed by atoms with Gasteiger partial charge in [0.05, 0.1) is 0 Å². The van der Waals surface area contributed by atoms with Crippen LogP contribution in [0.3, 0.4) is 0 Å². The molecule has 22 heavy (non-hydrogen) atoms. The molecule has 2 aliphatic carbocycles. The summed E-state index contributed by atoms with van der Waals surface area (Å²) in [6, 6.07) is 0. The summed E-state index contributed by atoms with van der Waals surface area (Å²) < 4.78 is 4.37. The van der Waals surface area contributed by atoms with E-state index in [4.69, 9.17) is 0 Å². The lowest BCUT2D eigenvalue weighted by molar-refractivity contribution is -0.489. The van der Waals surface area contributed by atoms with Crippen molar-refractivity contribution in [2.75, 3.05) is 24.7 Å². The van der Waals surface area contributed by atoms with Gasteiger partial charge in [0.25, 0.3) is 0 Å². The Kier molecular flexibility index (Phi) is 6.68. The van der Waals surface area contributed by atoms with E-state index < -0.39 is 0 Å². The maximum atomic E-state index is 3.54. The third-order valence-corrected chi connectivity index (χ3v) is 5.09. The van der Waals surface area contributed by atoms with Crippen LogP contribution in [0.15, 0.2) is 59.8 Å². The van der Waals surface area contributed by atoms with Crippen LogP contribution in [0.1, 0.15) is 0 Å². The highest BCUT2D eigenvalue weighted by Gasteiger charge is 2.12. The van der Waals surface area contributed by atoms with Crippen molar-refractivity contribution in [3.05, 3.63) is 59.8 Å². The Morgan fingerprint density at radius 2 is 0.773 bits per heavy atom. The molecule has 0 N–H and O–H groups in total. The van der Waals surface area contributed by atoms with Crippen LogP contribution in [0, 0.1) is 0 Å². The average molecular weight is 349 g/mol. The molecular formula is C16H16N2Si4+2. The van der Waals surface area contributed by atoms with Gasteiger partial charge in [-0.3, -0.25) is 0 Å². The molecule has 0 atom stereocenters. The van der Waals surface area contributed by atoms with Gasteiger partial charge in [-0.25, -0.2) is 9.15 Å². The quantitative estimate of drug-likeness (QED) is 0.496. The molecule has 0 saturated heterocycles.